The van der Waals surface area contributed by atoms with Crippen LogP contribution < -0.4 is 43.8 Å². The van der Waals surface area contributed by atoms with Crippen LogP contribution >= 0.6 is 22.7 Å². The van der Waals surface area contributed by atoms with Crippen molar-refractivity contribution in [3.8, 4) is 20.9 Å². The normalized spacial score (nSPS) is 18.3. The number of benzene rings is 2. The first kappa shape index (κ1) is 46.2. The smallest absolute Gasteiger partial charge is 0.407 e. The monoisotopic (exact) mass is 918 g/mol. The Morgan fingerprint density at radius 3 is 1.51 bits per heavy atom. The van der Waals surface area contributed by atoms with E-state index in [2.05, 4.69) is 56.5 Å². The van der Waals surface area contributed by atoms with Gasteiger partial charge in [0.05, 0.1) is 26.8 Å². The molecule has 2 aliphatic rings. The first-order chi connectivity index (χ1) is 31.3. The van der Waals surface area contributed by atoms with E-state index in [9.17, 15) is 14.4 Å². The summed E-state index contributed by atoms with van der Waals surface area (Å²) in [5.41, 5.74) is 24.4. The van der Waals surface area contributed by atoms with Gasteiger partial charge in [0.2, 0.25) is 11.9 Å². The van der Waals surface area contributed by atoms with Gasteiger partial charge in [-0.3, -0.25) is 19.6 Å². The number of nitrogens with zero attached hydrogens (tertiary/aromatic N) is 6. The van der Waals surface area contributed by atoms with Gasteiger partial charge in [0.1, 0.15) is 28.4 Å². The number of hydrogen-bond acceptors (Lipinski definition) is 17. The summed E-state index contributed by atoms with van der Waals surface area (Å²) < 4.78 is 5.43. The number of hydrogen-bond donors (Lipinski definition) is 8. The summed E-state index contributed by atoms with van der Waals surface area (Å²) in [5.74, 6) is 0.220. The highest BCUT2D eigenvalue weighted by atomic mass is 32.1. The first-order valence-electron chi connectivity index (χ1n) is 21.4. The number of carbonyl (C=O) groups is 3. The summed E-state index contributed by atoms with van der Waals surface area (Å²) in [6, 6.07) is 15.5. The lowest BCUT2D eigenvalue weighted by molar-refractivity contribution is 0.0488. The van der Waals surface area contributed by atoms with Crippen LogP contribution in [0.25, 0.3) is 20.9 Å². The minimum absolute atomic E-state index is 0.0684. The van der Waals surface area contributed by atoms with Gasteiger partial charge in [0, 0.05) is 54.3 Å². The number of amides is 3. The molecule has 6 aromatic rings. The van der Waals surface area contributed by atoms with Crippen molar-refractivity contribution in [2.45, 2.75) is 102 Å². The zero-order valence-electron chi connectivity index (χ0n) is 36.4. The summed E-state index contributed by atoms with van der Waals surface area (Å²) >= 11 is 3.14. The van der Waals surface area contributed by atoms with Crippen LogP contribution in [-0.2, 0) is 4.74 Å². The molecule has 20 heteroatoms. The van der Waals surface area contributed by atoms with E-state index in [1.54, 1.807) is 33.7 Å². The Balaban J connectivity index is 0.000000198. The third kappa shape index (κ3) is 12.9. The van der Waals surface area contributed by atoms with Crippen LogP contribution in [0, 0.1) is 0 Å². The predicted molar refractivity (Wildman–Crippen MR) is 256 cm³/mol. The topological polar surface area (TPSA) is 276 Å². The molecule has 0 radical (unpaired) electrons. The van der Waals surface area contributed by atoms with Crippen molar-refractivity contribution in [2.24, 2.45) is 17.2 Å². The highest BCUT2D eigenvalue weighted by Gasteiger charge is 2.29. The summed E-state index contributed by atoms with van der Waals surface area (Å²) in [5, 5.41) is 16.0. The number of nitrogens with two attached hydrogens (primary N) is 3. The van der Waals surface area contributed by atoms with Crippen molar-refractivity contribution in [3.63, 3.8) is 0 Å². The van der Waals surface area contributed by atoms with E-state index < -0.39 is 23.5 Å². The number of ether oxygens (including phenoxy) is 1. The fourth-order valence-corrected chi connectivity index (χ4v) is 8.74. The number of nitrogens with one attached hydrogen (secondary N) is 5. The quantitative estimate of drug-likeness (QED) is 0.0548. The summed E-state index contributed by atoms with van der Waals surface area (Å²) in [4.78, 5) is 64.2. The second kappa shape index (κ2) is 21.3. The number of anilines is 6. The van der Waals surface area contributed by atoms with Crippen LogP contribution in [0.1, 0.15) is 92.9 Å². The van der Waals surface area contributed by atoms with E-state index in [4.69, 9.17) is 21.9 Å². The molecule has 340 valence electrons. The number of primary amides is 2. The van der Waals surface area contributed by atoms with E-state index in [0.717, 1.165) is 83.6 Å². The number of aromatic nitrogens is 6. The zero-order valence-corrected chi connectivity index (χ0v) is 38.0. The molecule has 0 bridgehead atoms. The second-order valence-electron chi connectivity index (χ2n) is 16.8. The van der Waals surface area contributed by atoms with Crippen molar-refractivity contribution >= 4 is 75.5 Å². The van der Waals surface area contributed by atoms with Crippen LogP contribution in [-0.4, -0.2) is 77.6 Å². The van der Waals surface area contributed by atoms with Crippen molar-refractivity contribution in [1.29, 1.82) is 0 Å². The second-order valence-corrected chi connectivity index (χ2v) is 18.5. The van der Waals surface area contributed by atoms with Gasteiger partial charge in [0.25, 0.3) is 11.8 Å². The fourth-order valence-electron chi connectivity index (χ4n) is 7.49. The average molecular weight is 919 g/mol. The van der Waals surface area contributed by atoms with Gasteiger partial charge in [-0.05, 0) is 81.8 Å². The van der Waals surface area contributed by atoms with Crippen LogP contribution in [0.4, 0.5) is 39.7 Å². The van der Waals surface area contributed by atoms with E-state index >= 15 is 0 Å². The third-order valence-corrected chi connectivity index (χ3v) is 12.4. The van der Waals surface area contributed by atoms with Gasteiger partial charge in [-0.2, -0.15) is 9.97 Å². The van der Waals surface area contributed by atoms with Gasteiger partial charge < -0.3 is 48.5 Å². The Hall–Kier alpha value is -6.77. The number of alkyl carbamates (subject to hydrolysis) is 1. The van der Waals surface area contributed by atoms with E-state index in [1.165, 1.54) is 12.4 Å². The molecule has 18 nitrogen and oxygen atoms in total. The minimum Gasteiger partial charge on any atom is -0.444 e. The van der Waals surface area contributed by atoms with E-state index in [1.807, 2.05) is 81.7 Å². The van der Waals surface area contributed by atoms with Gasteiger partial charge >= 0.3 is 6.09 Å². The maximum Gasteiger partial charge on any atom is 0.407 e. The molecule has 11 N–H and O–H groups in total. The largest absolute Gasteiger partial charge is 0.444 e. The summed E-state index contributed by atoms with van der Waals surface area (Å²) in [6.07, 6.45) is 13.9. The van der Waals surface area contributed by atoms with Crippen LogP contribution in [0.5, 0.6) is 0 Å². The molecular weight excluding hydrogens is 865 g/mol. The minimum atomic E-state index is -0.632. The van der Waals surface area contributed by atoms with Crippen LogP contribution in [0.15, 0.2) is 84.3 Å². The van der Waals surface area contributed by atoms with Crippen molar-refractivity contribution in [2.75, 3.05) is 21.3 Å². The molecule has 2 fully saturated rings. The fraction of sp³-hybridized carbons (Fsp3) is 0.356. The van der Waals surface area contributed by atoms with E-state index in [-0.39, 0.29) is 35.3 Å². The summed E-state index contributed by atoms with van der Waals surface area (Å²) in [6.45, 7) is 5.50. The molecule has 4 aromatic heterocycles. The molecule has 4 heterocycles. The molecule has 2 aliphatic carbocycles. The third-order valence-electron chi connectivity index (χ3n) is 10.8. The number of carbonyl (C=O) groups excluding carboxylic acids is 3. The number of thiazole rings is 2. The number of rotatable bonds is 13. The molecule has 4 atom stereocenters. The lowest BCUT2D eigenvalue weighted by Crippen LogP contribution is -2.50. The highest BCUT2D eigenvalue weighted by molar-refractivity contribution is 7.13. The molecule has 0 spiro atoms. The highest BCUT2D eigenvalue weighted by Crippen LogP contribution is 2.30. The molecular formula is C45H54N14O4S2. The van der Waals surface area contributed by atoms with Gasteiger partial charge in [-0.15, -0.1) is 22.7 Å². The standard InChI is InChI=1S/C25H31N7O3S.C20H23N7OS/c1-25(2,3)35-24(34)31-19-7-5-4-6-18(19)30-23-28-12-17(21(26)33)22(32-23)29-16-10-8-15(9-11-16)20-13-27-14-36-20;21-15-3-1-2-4-16(15)26-20-24-9-14(18(22)28)19(27-20)25-13-7-5-12(6-8-13)17-10-23-11-29-17/h8-14,18-19H,4-7H2,1-3H3,(H2,26,33)(H,31,34)(H2,28,29,30,32);5-11,15-16H,1-4,21H2,(H2,22,28)(H2,24,25,26,27)/t18-,19+;15-,16+/m10/s1. The summed E-state index contributed by atoms with van der Waals surface area (Å²) in [7, 11) is 0. The molecule has 65 heavy (non-hydrogen) atoms. The van der Waals surface area contributed by atoms with Crippen molar-refractivity contribution < 1.29 is 19.1 Å². The Kier molecular flexibility index (Phi) is 15.1. The predicted octanol–water partition coefficient (Wildman–Crippen LogP) is 7.81. The Bertz CT molecular complexity index is 2520. The molecule has 0 saturated heterocycles. The Morgan fingerprint density at radius 2 is 1.08 bits per heavy atom. The van der Waals surface area contributed by atoms with Crippen LogP contribution in [0.3, 0.4) is 0 Å². The van der Waals surface area contributed by atoms with Crippen molar-refractivity contribution in [1.82, 2.24) is 35.2 Å². The van der Waals surface area contributed by atoms with E-state index in [0.29, 0.717) is 23.5 Å². The van der Waals surface area contributed by atoms with Crippen LogP contribution in [0.2, 0.25) is 0 Å². The molecule has 2 saturated carbocycles. The molecule has 8 rings (SSSR count). The maximum absolute atomic E-state index is 12.3. The van der Waals surface area contributed by atoms with Crippen molar-refractivity contribution in [3.05, 3.63) is 95.5 Å². The first-order valence-corrected chi connectivity index (χ1v) is 23.2. The lowest BCUT2D eigenvalue weighted by Gasteiger charge is -2.33. The average Bonchev–Trinajstić information content (AvgIpc) is 4.02. The zero-order chi connectivity index (χ0) is 45.9. The SMILES string of the molecule is CC(C)(C)OC(=O)N[C@H]1CCCC[C@H]1Nc1ncc(C(N)=O)c(Nc2ccc(-c3cncs3)cc2)n1.NC(=O)c1cnc(N[C@@H]2CCCC[C@@H]2N)nc1Nc1ccc(-c2cncs2)cc1. The molecule has 2 aromatic carbocycles. The Morgan fingerprint density at radius 1 is 0.631 bits per heavy atom. The van der Waals surface area contributed by atoms with Gasteiger partial charge in [0.15, 0.2) is 0 Å². The van der Waals surface area contributed by atoms with Gasteiger partial charge in [-0.1, -0.05) is 49.9 Å². The Labute approximate surface area is 385 Å². The van der Waals surface area contributed by atoms with Gasteiger partial charge in [-0.25, -0.2) is 14.8 Å². The molecule has 3 amide bonds. The lowest BCUT2D eigenvalue weighted by atomic mass is 9.90. The molecule has 0 aliphatic heterocycles. The molecule has 0 unspecified atom stereocenters. The maximum atomic E-state index is 12.3.